The summed E-state index contributed by atoms with van der Waals surface area (Å²) < 4.78 is 2.37. The molecule has 0 amide bonds. The van der Waals surface area contributed by atoms with Gasteiger partial charge in [-0.05, 0) is 88.8 Å². The molecular weight excluding hydrogens is 556 g/mol. The maximum atomic E-state index is 4.65. The Hall–Kier alpha value is -5.60. The first kappa shape index (κ1) is 27.9. The van der Waals surface area contributed by atoms with E-state index in [1.54, 1.807) is 0 Å². The summed E-state index contributed by atoms with van der Waals surface area (Å²) in [5.74, 6) is 0. The van der Waals surface area contributed by atoms with Gasteiger partial charge in [-0.25, -0.2) is 0 Å². The van der Waals surface area contributed by atoms with Crippen molar-refractivity contribution in [3.05, 3.63) is 180 Å². The van der Waals surface area contributed by atoms with E-state index in [9.17, 15) is 0 Å². The second kappa shape index (κ2) is 10.8. The Kier molecular flexibility index (Phi) is 6.54. The van der Waals surface area contributed by atoms with Crippen molar-refractivity contribution >= 4 is 39.3 Å². The maximum absolute atomic E-state index is 4.65. The van der Waals surface area contributed by atoms with Crippen molar-refractivity contribution in [2.24, 2.45) is 0 Å². The molecule has 0 unspecified atom stereocenters. The molecule has 0 atom stereocenters. The van der Waals surface area contributed by atoms with Crippen LogP contribution < -0.4 is 4.90 Å². The number of allylic oxidation sites excluding steroid dienone is 1. The molecule has 1 aliphatic carbocycles. The highest BCUT2D eigenvalue weighted by atomic mass is 15.1. The fourth-order valence-electron chi connectivity index (χ4n) is 7.32. The number of benzene rings is 6. The van der Waals surface area contributed by atoms with E-state index in [0.717, 1.165) is 22.8 Å². The first-order chi connectivity index (χ1) is 22.4. The molecule has 6 aromatic carbocycles. The molecule has 0 bridgehead atoms. The van der Waals surface area contributed by atoms with Crippen molar-refractivity contribution in [2.75, 3.05) is 4.90 Å². The molecule has 0 aliphatic heterocycles. The van der Waals surface area contributed by atoms with Gasteiger partial charge in [-0.1, -0.05) is 124 Å². The zero-order valence-electron chi connectivity index (χ0n) is 26.5. The van der Waals surface area contributed by atoms with Gasteiger partial charge in [-0.15, -0.1) is 0 Å². The first-order valence-corrected chi connectivity index (χ1v) is 16.0. The van der Waals surface area contributed by atoms with E-state index in [1.165, 1.54) is 55.2 Å². The Labute approximate surface area is 271 Å². The fraction of sp³-hybridized carbons (Fsp3) is 0.0909. The van der Waals surface area contributed by atoms with Gasteiger partial charge in [0.05, 0.1) is 11.0 Å². The molecule has 2 nitrogen and oxygen atoms in total. The van der Waals surface area contributed by atoms with Gasteiger partial charge in [0.2, 0.25) is 0 Å². The SMILES string of the molecule is C=C(/C=C\c1ccccc1C)N(c1ccc2c(c1)-c1ccccc1C2(C)C)c1ccc2c3ccccc3n(-c3ccccc3)c2c1. The monoisotopic (exact) mass is 592 g/mol. The summed E-state index contributed by atoms with van der Waals surface area (Å²) in [6.07, 6.45) is 4.32. The minimum atomic E-state index is -0.0490. The highest BCUT2D eigenvalue weighted by molar-refractivity contribution is 6.10. The minimum absolute atomic E-state index is 0.0490. The second-order valence-corrected chi connectivity index (χ2v) is 12.8. The summed E-state index contributed by atoms with van der Waals surface area (Å²) >= 11 is 0. The topological polar surface area (TPSA) is 8.17 Å². The average molecular weight is 593 g/mol. The number of anilines is 2. The summed E-state index contributed by atoms with van der Waals surface area (Å²) in [7, 11) is 0. The van der Waals surface area contributed by atoms with Gasteiger partial charge in [0.25, 0.3) is 0 Å². The van der Waals surface area contributed by atoms with Gasteiger partial charge in [-0.2, -0.15) is 0 Å². The normalized spacial score (nSPS) is 13.3. The van der Waals surface area contributed by atoms with Gasteiger partial charge in [-0.3, -0.25) is 0 Å². The number of aryl methyl sites for hydroxylation is 1. The van der Waals surface area contributed by atoms with Crippen LogP contribution in [0.15, 0.2) is 158 Å². The molecule has 222 valence electrons. The van der Waals surface area contributed by atoms with Crippen molar-refractivity contribution in [2.45, 2.75) is 26.2 Å². The van der Waals surface area contributed by atoms with Crippen molar-refractivity contribution in [3.63, 3.8) is 0 Å². The predicted octanol–water partition coefficient (Wildman–Crippen LogP) is 11.8. The molecule has 0 N–H and O–H groups in total. The smallest absolute Gasteiger partial charge is 0.0561 e. The lowest BCUT2D eigenvalue weighted by atomic mass is 9.82. The van der Waals surface area contributed by atoms with Gasteiger partial charge < -0.3 is 9.47 Å². The van der Waals surface area contributed by atoms with Gasteiger partial charge in [0.15, 0.2) is 0 Å². The standard InChI is InChI=1S/C44H36N2/c1-30-14-8-9-15-32(30)23-22-31(2)45(34-25-27-41-39(28-34)36-18-10-12-20-40(36)44(41,3)4)35-24-26-38-37-19-11-13-21-42(37)46(43(38)29-35)33-16-6-5-7-17-33/h5-29H,2H2,1,3-4H3/b23-22-. The van der Waals surface area contributed by atoms with E-state index in [1.807, 2.05) is 0 Å². The molecule has 0 saturated carbocycles. The zero-order valence-corrected chi connectivity index (χ0v) is 26.5. The van der Waals surface area contributed by atoms with Crippen molar-refractivity contribution < 1.29 is 0 Å². The quantitative estimate of drug-likeness (QED) is 0.174. The third-order valence-corrected chi connectivity index (χ3v) is 9.69. The van der Waals surface area contributed by atoms with Crippen LogP contribution in [0.3, 0.4) is 0 Å². The van der Waals surface area contributed by atoms with E-state index in [4.69, 9.17) is 0 Å². The van der Waals surface area contributed by atoms with Crippen LogP contribution in [0.4, 0.5) is 11.4 Å². The van der Waals surface area contributed by atoms with Crippen molar-refractivity contribution in [1.82, 2.24) is 4.57 Å². The van der Waals surface area contributed by atoms with Crippen molar-refractivity contribution in [1.29, 1.82) is 0 Å². The van der Waals surface area contributed by atoms with Crippen LogP contribution in [-0.2, 0) is 5.41 Å². The first-order valence-electron chi connectivity index (χ1n) is 16.0. The van der Waals surface area contributed by atoms with Gasteiger partial charge in [0.1, 0.15) is 0 Å². The van der Waals surface area contributed by atoms with Gasteiger partial charge >= 0.3 is 0 Å². The molecule has 46 heavy (non-hydrogen) atoms. The summed E-state index contributed by atoms with van der Waals surface area (Å²) in [5, 5.41) is 2.47. The van der Waals surface area contributed by atoms with Crippen LogP contribution in [0, 0.1) is 6.92 Å². The number of hydrogen-bond donors (Lipinski definition) is 0. The lowest BCUT2D eigenvalue weighted by Gasteiger charge is -2.27. The maximum Gasteiger partial charge on any atom is 0.0561 e. The second-order valence-electron chi connectivity index (χ2n) is 12.8. The van der Waals surface area contributed by atoms with Crippen LogP contribution >= 0.6 is 0 Å². The van der Waals surface area contributed by atoms with Crippen LogP contribution in [0.25, 0.3) is 44.7 Å². The molecule has 0 saturated heterocycles. The third kappa shape index (κ3) is 4.41. The molecule has 7 aromatic rings. The van der Waals surface area contributed by atoms with Crippen LogP contribution in [-0.4, -0.2) is 4.57 Å². The average Bonchev–Trinajstić information content (AvgIpc) is 3.53. The molecule has 0 fully saturated rings. The lowest BCUT2D eigenvalue weighted by Crippen LogP contribution is -2.16. The molecule has 1 aromatic heterocycles. The highest BCUT2D eigenvalue weighted by Gasteiger charge is 2.35. The fourth-order valence-corrected chi connectivity index (χ4v) is 7.32. The lowest BCUT2D eigenvalue weighted by molar-refractivity contribution is 0.660. The molecular formula is C44H36N2. The minimum Gasteiger partial charge on any atom is -0.311 e. The van der Waals surface area contributed by atoms with E-state index in [0.29, 0.717) is 0 Å². The summed E-state index contributed by atoms with van der Waals surface area (Å²) in [4.78, 5) is 2.30. The predicted molar refractivity (Wildman–Crippen MR) is 196 cm³/mol. The number of rotatable bonds is 6. The largest absolute Gasteiger partial charge is 0.311 e. The molecule has 1 heterocycles. The Morgan fingerprint density at radius 2 is 1.28 bits per heavy atom. The molecule has 2 heteroatoms. The van der Waals surface area contributed by atoms with E-state index < -0.39 is 0 Å². The molecule has 8 rings (SSSR count). The summed E-state index contributed by atoms with van der Waals surface area (Å²) in [6, 6.07) is 50.4. The Morgan fingerprint density at radius 1 is 0.630 bits per heavy atom. The van der Waals surface area contributed by atoms with Crippen LogP contribution in [0.2, 0.25) is 0 Å². The van der Waals surface area contributed by atoms with Crippen LogP contribution in [0.5, 0.6) is 0 Å². The number of hydrogen-bond acceptors (Lipinski definition) is 1. The number of fused-ring (bicyclic) bond motifs is 6. The van der Waals surface area contributed by atoms with E-state index in [-0.39, 0.29) is 5.41 Å². The third-order valence-electron chi connectivity index (χ3n) is 9.69. The van der Waals surface area contributed by atoms with Crippen LogP contribution in [0.1, 0.15) is 36.1 Å². The van der Waals surface area contributed by atoms with Crippen molar-refractivity contribution in [3.8, 4) is 16.8 Å². The van der Waals surface area contributed by atoms with E-state index in [2.05, 4.69) is 188 Å². The Bertz CT molecular complexity index is 2320. The molecule has 0 spiro atoms. The number of nitrogens with zero attached hydrogens (tertiary/aromatic N) is 2. The number of para-hydroxylation sites is 2. The summed E-state index contributed by atoms with van der Waals surface area (Å²) in [5.41, 5.74) is 14.3. The zero-order chi connectivity index (χ0) is 31.4. The number of aromatic nitrogens is 1. The van der Waals surface area contributed by atoms with E-state index >= 15 is 0 Å². The highest BCUT2D eigenvalue weighted by Crippen LogP contribution is 2.50. The molecule has 1 aliphatic rings. The Morgan fingerprint density at radius 3 is 2.13 bits per heavy atom. The summed E-state index contributed by atoms with van der Waals surface area (Å²) in [6.45, 7) is 11.5. The molecule has 0 radical (unpaired) electrons. The Balaban J connectivity index is 1.34. The van der Waals surface area contributed by atoms with Gasteiger partial charge in [0, 0.05) is 38.9 Å².